The van der Waals surface area contributed by atoms with Crippen LogP contribution in [0.5, 0.6) is 0 Å². The Morgan fingerprint density at radius 3 is 2.82 bits per heavy atom. The number of rotatable bonds is 6. The maximum atomic E-state index is 13.9. The largest absolute Gasteiger partial charge is 0.376 e. The number of ether oxygens (including phenoxy) is 1. The van der Waals surface area contributed by atoms with Gasteiger partial charge in [-0.3, -0.25) is 9.69 Å². The number of benzene rings is 1. The molecule has 0 N–H and O–H groups in total. The van der Waals surface area contributed by atoms with Crippen molar-refractivity contribution in [1.29, 1.82) is 0 Å². The van der Waals surface area contributed by atoms with Gasteiger partial charge in [-0.15, -0.1) is 11.3 Å². The SMILES string of the molecule is O=C(C1CCCN1S(=O)(=O)c1ccc(Cl)s1)N(CC1CCCO1)c1nc2ccc(Br)cc2s1. The summed E-state index contributed by atoms with van der Waals surface area (Å²) >= 11 is 11.9. The van der Waals surface area contributed by atoms with Crippen molar-refractivity contribution >= 4 is 81.5 Å². The molecule has 3 aromatic rings. The smallest absolute Gasteiger partial charge is 0.253 e. The van der Waals surface area contributed by atoms with Gasteiger partial charge in [-0.2, -0.15) is 4.31 Å². The monoisotopic (exact) mass is 589 g/mol. The normalized spacial score (nSPS) is 21.8. The average Bonchev–Trinajstić information content (AvgIpc) is 3.57. The number of carbonyl (C=O) groups is 1. The van der Waals surface area contributed by atoms with E-state index in [-0.39, 0.29) is 16.2 Å². The fraction of sp³-hybridized carbons (Fsp3) is 0.429. The number of halogens is 2. The molecule has 2 aliphatic heterocycles. The van der Waals surface area contributed by atoms with Gasteiger partial charge in [-0.25, -0.2) is 13.4 Å². The summed E-state index contributed by atoms with van der Waals surface area (Å²) in [4.78, 5) is 20.2. The summed E-state index contributed by atoms with van der Waals surface area (Å²) in [6.07, 6.45) is 2.81. The number of amides is 1. The molecule has 1 aromatic carbocycles. The van der Waals surface area contributed by atoms with Gasteiger partial charge in [0.2, 0.25) is 5.91 Å². The fourth-order valence-corrected chi connectivity index (χ4v) is 9.06. The summed E-state index contributed by atoms with van der Waals surface area (Å²) in [7, 11) is -3.82. The van der Waals surface area contributed by atoms with Crippen LogP contribution in [0.3, 0.4) is 0 Å². The number of thiophene rings is 1. The Bertz CT molecular complexity index is 1290. The van der Waals surface area contributed by atoms with Crippen molar-refractivity contribution in [2.75, 3.05) is 24.6 Å². The van der Waals surface area contributed by atoms with Crippen LogP contribution in [0.2, 0.25) is 4.34 Å². The molecule has 2 saturated heterocycles. The van der Waals surface area contributed by atoms with Gasteiger partial charge in [0.25, 0.3) is 10.0 Å². The van der Waals surface area contributed by atoms with Gasteiger partial charge < -0.3 is 4.74 Å². The summed E-state index contributed by atoms with van der Waals surface area (Å²) in [6.45, 7) is 1.33. The summed E-state index contributed by atoms with van der Waals surface area (Å²) in [6, 6.07) is 8.07. The lowest BCUT2D eigenvalue weighted by molar-refractivity contribution is -0.122. The summed E-state index contributed by atoms with van der Waals surface area (Å²) < 4.78 is 36.2. The van der Waals surface area contributed by atoms with Crippen LogP contribution in [0.4, 0.5) is 5.13 Å². The van der Waals surface area contributed by atoms with Crippen LogP contribution >= 0.6 is 50.2 Å². The lowest BCUT2D eigenvalue weighted by Crippen LogP contribution is -2.49. The van der Waals surface area contributed by atoms with Gasteiger partial charge in [0.05, 0.1) is 27.2 Å². The lowest BCUT2D eigenvalue weighted by Gasteiger charge is -2.29. The van der Waals surface area contributed by atoms with Gasteiger partial charge in [0.1, 0.15) is 10.3 Å². The van der Waals surface area contributed by atoms with Crippen molar-refractivity contribution in [2.24, 2.45) is 0 Å². The number of carbonyl (C=O) groups excluding carboxylic acids is 1. The highest BCUT2D eigenvalue weighted by Gasteiger charge is 2.43. The standard InChI is InChI=1S/C21H21BrClN3O4S3/c22-13-5-6-15-17(11-13)31-21(24-15)25(12-14-3-2-10-30-14)20(27)16-4-1-9-26(16)33(28,29)19-8-7-18(23)32-19/h5-8,11,14,16H,1-4,9-10,12H2. The van der Waals surface area contributed by atoms with E-state index in [9.17, 15) is 13.2 Å². The van der Waals surface area contributed by atoms with Crippen molar-refractivity contribution in [3.8, 4) is 0 Å². The highest BCUT2D eigenvalue weighted by molar-refractivity contribution is 9.10. The number of fused-ring (bicyclic) bond motifs is 1. The number of thiazole rings is 1. The number of hydrogen-bond donors (Lipinski definition) is 0. The molecule has 0 radical (unpaired) electrons. The number of nitrogens with zero attached hydrogens (tertiary/aromatic N) is 3. The van der Waals surface area contributed by atoms with E-state index in [1.54, 1.807) is 11.0 Å². The van der Waals surface area contributed by atoms with Gasteiger partial charge in [0, 0.05) is 17.6 Å². The third-order valence-corrected chi connectivity index (χ3v) is 11.0. The molecule has 0 spiro atoms. The molecule has 2 aromatic heterocycles. The van der Waals surface area contributed by atoms with E-state index < -0.39 is 16.1 Å². The van der Waals surface area contributed by atoms with Crippen LogP contribution in [-0.4, -0.2) is 55.5 Å². The Morgan fingerprint density at radius 1 is 1.24 bits per heavy atom. The second-order valence-corrected chi connectivity index (χ2v) is 13.8. The Labute approximate surface area is 213 Å². The average molecular weight is 591 g/mol. The molecule has 0 aliphatic carbocycles. The predicted octanol–water partition coefficient (Wildman–Crippen LogP) is 5.14. The van der Waals surface area contributed by atoms with Gasteiger partial charge in [-0.05, 0) is 56.0 Å². The maximum Gasteiger partial charge on any atom is 0.253 e. The highest BCUT2D eigenvalue weighted by atomic mass is 79.9. The molecule has 2 aliphatic rings. The molecule has 33 heavy (non-hydrogen) atoms. The van der Waals surface area contributed by atoms with Gasteiger partial charge in [-0.1, -0.05) is 38.9 Å². The zero-order chi connectivity index (χ0) is 23.2. The second kappa shape index (κ2) is 9.52. The van der Waals surface area contributed by atoms with Crippen LogP contribution in [0.1, 0.15) is 25.7 Å². The molecule has 2 atom stereocenters. The number of sulfonamides is 1. The van der Waals surface area contributed by atoms with Crippen molar-refractivity contribution in [3.63, 3.8) is 0 Å². The van der Waals surface area contributed by atoms with Crippen LogP contribution in [0.25, 0.3) is 10.2 Å². The van der Waals surface area contributed by atoms with Crippen LogP contribution in [0.15, 0.2) is 39.0 Å². The first-order chi connectivity index (χ1) is 15.8. The van der Waals surface area contributed by atoms with Crippen molar-refractivity contribution in [1.82, 2.24) is 9.29 Å². The third-order valence-electron chi connectivity index (χ3n) is 5.85. The maximum absolute atomic E-state index is 13.9. The van der Waals surface area contributed by atoms with Crippen molar-refractivity contribution < 1.29 is 17.9 Å². The van der Waals surface area contributed by atoms with E-state index >= 15 is 0 Å². The molecule has 2 fully saturated rings. The molecule has 0 saturated carbocycles. The summed E-state index contributed by atoms with van der Waals surface area (Å²) in [5.41, 5.74) is 0.799. The van der Waals surface area contributed by atoms with Crippen molar-refractivity contribution in [2.45, 2.75) is 42.0 Å². The number of hydrogen-bond acceptors (Lipinski definition) is 7. The van der Waals surface area contributed by atoms with Gasteiger partial charge in [0.15, 0.2) is 5.13 Å². The number of anilines is 1. The quantitative estimate of drug-likeness (QED) is 0.397. The highest BCUT2D eigenvalue weighted by Crippen LogP contribution is 2.36. The summed E-state index contributed by atoms with van der Waals surface area (Å²) in [5, 5.41) is 0.562. The first-order valence-electron chi connectivity index (χ1n) is 10.6. The Balaban J connectivity index is 1.49. The minimum atomic E-state index is -3.82. The molecular weight excluding hydrogens is 570 g/mol. The number of aromatic nitrogens is 1. The molecule has 176 valence electrons. The molecule has 5 rings (SSSR count). The zero-order valence-electron chi connectivity index (χ0n) is 17.4. The third kappa shape index (κ3) is 4.73. The van der Waals surface area contributed by atoms with E-state index in [2.05, 4.69) is 15.9 Å². The lowest BCUT2D eigenvalue weighted by atomic mass is 10.2. The Kier molecular flexibility index (Phi) is 6.82. The molecule has 1 amide bonds. The predicted molar refractivity (Wildman–Crippen MR) is 135 cm³/mol. The molecule has 2 unspecified atom stereocenters. The topological polar surface area (TPSA) is 79.8 Å². The fourth-order valence-electron chi connectivity index (χ4n) is 4.26. The molecule has 0 bridgehead atoms. The minimum absolute atomic E-state index is 0.0877. The molecule has 7 nitrogen and oxygen atoms in total. The van der Waals surface area contributed by atoms with Gasteiger partial charge >= 0.3 is 0 Å². The van der Waals surface area contributed by atoms with Crippen molar-refractivity contribution in [3.05, 3.63) is 39.1 Å². The zero-order valence-corrected chi connectivity index (χ0v) is 22.2. The van der Waals surface area contributed by atoms with E-state index in [0.29, 0.717) is 42.0 Å². The van der Waals surface area contributed by atoms with E-state index in [4.69, 9.17) is 21.3 Å². The Morgan fingerprint density at radius 2 is 2.09 bits per heavy atom. The first-order valence-corrected chi connectivity index (χ1v) is 14.8. The molecular formula is C21H21BrClN3O4S3. The summed E-state index contributed by atoms with van der Waals surface area (Å²) in [5.74, 6) is -0.257. The van der Waals surface area contributed by atoms with Crippen LogP contribution < -0.4 is 4.90 Å². The Hall–Kier alpha value is -1.08. The minimum Gasteiger partial charge on any atom is -0.376 e. The van der Waals surface area contributed by atoms with Crippen LogP contribution in [0, 0.1) is 0 Å². The molecule has 4 heterocycles. The van der Waals surface area contributed by atoms with E-state index in [0.717, 1.165) is 38.9 Å². The first kappa shape index (κ1) is 23.7. The van der Waals surface area contributed by atoms with Crippen LogP contribution in [-0.2, 0) is 19.6 Å². The van der Waals surface area contributed by atoms with E-state index in [1.807, 2.05) is 18.2 Å². The second-order valence-electron chi connectivity index (χ2n) is 8.02. The van der Waals surface area contributed by atoms with E-state index in [1.165, 1.54) is 21.7 Å². The molecule has 12 heteroatoms.